The highest BCUT2D eigenvalue weighted by Gasteiger charge is 2.50. The van der Waals surface area contributed by atoms with Crippen LogP contribution in [0.3, 0.4) is 0 Å². The van der Waals surface area contributed by atoms with Crippen LogP contribution in [0, 0.1) is 5.82 Å². The quantitative estimate of drug-likeness (QED) is 0.603. The minimum atomic E-state index is -1.39. The molecule has 0 aliphatic carbocycles. The van der Waals surface area contributed by atoms with Crippen LogP contribution in [0.4, 0.5) is 4.39 Å². The molecule has 174 valence electrons. The van der Waals surface area contributed by atoms with Gasteiger partial charge in [0, 0.05) is 26.6 Å². The summed E-state index contributed by atoms with van der Waals surface area (Å²) in [4.78, 5) is 11.2. The number of aliphatic hydroxyl groups excluding tert-OH is 2. The van der Waals surface area contributed by atoms with Crippen LogP contribution in [0.5, 0.6) is 5.75 Å². The summed E-state index contributed by atoms with van der Waals surface area (Å²) in [6.07, 6.45) is -4.33. The Hall–Kier alpha value is -2.52. The zero-order chi connectivity index (χ0) is 23.5. The van der Waals surface area contributed by atoms with E-state index in [4.69, 9.17) is 14.2 Å². The highest BCUT2D eigenvalue weighted by Crippen LogP contribution is 2.35. The van der Waals surface area contributed by atoms with E-state index >= 15 is 4.39 Å². The number of carbonyl (C=O) groups is 1. The molecule has 3 rings (SSSR count). The van der Waals surface area contributed by atoms with Crippen molar-refractivity contribution in [2.75, 3.05) is 13.7 Å². The Bertz CT molecular complexity index is 936. The van der Waals surface area contributed by atoms with Crippen molar-refractivity contribution in [1.29, 1.82) is 0 Å². The number of ether oxygens (including phenoxy) is 3. The predicted octanol–water partition coefficient (Wildman–Crippen LogP) is 2.42. The van der Waals surface area contributed by atoms with Crippen LogP contribution in [0.25, 0.3) is 11.1 Å². The first-order valence-electron chi connectivity index (χ1n) is 10.5. The van der Waals surface area contributed by atoms with Gasteiger partial charge in [-0.25, -0.2) is 4.39 Å². The summed E-state index contributed by atoms with van der Waals surface area (Å²) >= 11 is 0. The van der Waals surface area contributed by atoms with Crippen LogP contribution in [0.15, 0.2) is 42.5 Å². The second-order valence-electron chi connectivity index (χ2n) is 8.38. The second-order valence-corrected chi connectivity index (χ2v) is 8.38. The Labute approximate surface area is 187 Å². The SMILES string of the molecule is CO[C@@H]1[C@@H](O)[C@H](O)C(Oc2cc(F)c(CCNC(C)=O)c(-c3ccccc3)c2)OC1(C)C. The second kappa shape index (κ2) is 9.95. The first-order chi connectivity index (χ1) is 15.1. The Balaban J connectivity index is 1.92. The van der Waals surface area contributed by atoms with Gasteiger partial charge in [0.15, 0.2) is 0 Å². The average Bonchev–Trinajstić information content (AvgIpc) is 2.73. The molecule has 1 saturated heterocycles. The van der Waals surface area contributed by atoms with Gasteiger partial charge in [-0.3, -0.25) is 4.79 Å². The van der Waals surface area contributed by atoms with Crippen molar-refractivity contribution in [2.24, 2.45) is 0 Å². The summed E-state index contributed by atoms with van der Waals surface area (Å²) in [7, 11) is 1.42. The largest absolute Gasteiger partial charge is 0.462 e. The predicted molar refractivity (Wildman–Crippen MR) is 117 cm³/mol. The van der Waals surface area contributed by atoms with E-state index in [0.717, 1.165) is 5.56 Å². The van der Waals surface area contributed by atoms with Gasteiger partial charge in [-0.15, -0.1) is 0 Å². The third-order valence-corrected chi connectivity index (χ3v) is 5.55. The molecule has 3 N–H and O–H groups in total. The van der Waals surface area contributed by atoms with Crippen LogP contribution in [0.1, 0.15) is 26.3 Å². The van der Waals surface area contributed by atoms with Crippen LogP contribution < -0.4 is 10.1 Å². The van der Waals surface area contributed by atoms with Crippen molar-refractivity contribution < 1.29 is 33.6 Å². The summed E-state index contributed by atoms with van der Waals surface area (Å²) < 4.78 is 32.1. The van der Waals surface area contributed by atoms with E-state index in [2.05, 4.69) is 5.32 Å². The van der Waals surface area contributed by atoms with Gasteiger partial charge < -0.3 is 29.7 Å². The Morgan fingerprint density at radius 3 is 2.50 bits per heavy atom. The van der Waals surface area contributed by atoms with Crippen LogP contribution in [0.2, 0.25) is 0 Å². The van der Waals surface area contributed by atoms with Gasteiger partial charge in [-0.2, -0.15) is 0 Å². The van der Waals surface area contributed by atoms with Gasteiger partial charge in [0.25, 0.3) is 0 Å². The highest BCUT2D eigenvalue weighted by molar-refractivity contribution is 5.73. The monoisotopic (exact) mass is 447 g/mol. The maximum Gasteiger partial charge on any atom is 0.229 e. The van der Waals surface area contributed by atoms with Crippen molar-refractivity contribution >= 4 is 5.91 Å². The van der Waals surface area contributed by atoms with Crippen molar-refractivity contribution in [3.8, 4) is 16.9 Å². The standard InChI is InChI=1S/C24H30FNO6/c1-14(27)26-11-10-17-18(15-8-6-5-7-9-15)12-16(13-19(17)25)31-23-21(29)20(28)22(30-4)24(2,3)32-23/h5-9,12-13,20-23,28-29H,10-11H2,1-4H3,(H,26,27)/t20-,21-,22+,23?/m0/s1. The number of halogens is 1. The summed E-state index contributed by atoms with van der Waals surface area (Å²) in [5.74, 6) is -0.551. The summed E-state index contributed by atoms with van der Waals surface area (Å²) in [5, 5.41) is 23.6. The zero-order valence-corrected chi connectivity index (χ0v) is 18.7. The lowest BCUT2D eigenvalue weighted by Crippen LogP contribution is -2.63. The molecule has 0 aromatic heterocycles. The molecule has 2 aromatic carbocycles. The number of amides is 1. The van der Waals surface area contributed by atoms with Gasteiger partial charge in [0.2, 0.25) is 12.2 Å². The molecule has 32 heavy (non-hydrogen) atoms. The third kappa shape index (κ3) is 5.27. The molecule has 1 fully saturated rings. The van der Waals surface area contributed by atoms with E-state index in [0.29, 0.717) is 17.5 Å². The number of hydrogen-bond acceptors (Lipinski definition) is 6. The molecule has 0 radical (unpaired) electrons. The van der Waals surface area contributed by atoms with Gasteiger partial charge in [-0.05, 0) is 43.0 Å². The molecule has 0 saturated carbocycles. The summed E-state index contributed by atoms with van der Waals surface area (Å²) in [6, 6.07) is 12.1. The van der Waals surface area contributed by atoms with E-state index in [1.807, 2.05) is 30.3 Å². The lowest BCUT2D eigenvalue weighted by atomic mass is 9.89. The molecular weight excluding hydrogens is 417 g/mol. The van der Waals surface area contributed by atoms with Crippen molar-refractivity contribution in [2.45, 2.75) is 57.4 Å². The molecular formula is C24H30FNO6. The molecule has 1 aliphatic heterocycles. The zero-order valence-electron chi connectivity index (χ0n) is 18.7. The van der Waals surface area contributed by atoms with E-state index in [9.17, 15) is 15.0 Å². The van der Waals surface area contributed by atoms with Crippen molar-refractivity contribution in [1.82, 2.24) is 5.32 Å². The summed E-state index contributed by atoms with van der Waals surface area (Å²) in [5.41, 5.74) is 0.865. The lowest BCUT2D eigenvalue weighted by Gasteiger charge is -2.46. The van der Waals surface area contributed by atoms with E-state index < -0.39 is 36.0 Å². The molecule has 8 heteroatoms. The average molecular weight is 448 g/mol. The smallest absolute Gasteiger partial charge is 0.229 e. The maximum absolute atomic E-state index is 15.2. The molecule has 1 heterocycles. The van der Waals surface area contributed by atoms with Gasteiger partial charge in [0.1, 0.15) is 29.9 Å². The van der Waals surface area contributed by atoms with E-state index in [1.54, 1.807) is 19.9 Å². The van der Waals surface area contributed by atoms with Gasteiger partial charge >= 0.3 is 0 Å². The molecule has 1 unspecified atom stereocenters. The maximum atomic E-state index is 15.2. The normalized spacial score (nSPS) is 24.7. The number of hydrogen-bond donors (Lipinski definition) is 3. The number of benzene rings is 2. The van der Waals surface area contributed by atoms with Crippen LogP contribution >= 0.6 is 0 Å². The Morgan fingerprint density at radius 1 is 1.19 bits per heavy atom. The van der Waals surface area contributed by atoms with Gasteiger partial charge in [-0.1, -0.05) is 30.3 Å². The minimum Gasteiger partial charge on any atom is -0.462 e. The molecule has 7 nitrogen and oxygen atoms in total. The molecule has 1 aliphatic rings. The number of nitrogens with one attached hydrogen (secondary N) is 1. The Morgan fingerprint density at radius 2 is 1.88 bits per heavy atom. The third-order valence-electron chi connectivity index (χ3n) is 5.55. The summed E-state index contributed by atoms with van der Waals surface area (Å²) in [6.45, 7) is 5.13. The first kappa shape index (κ1) is 24.1. The molecule has 1 amide bonds. The molecule has 2 aromatic rings. The fourth-order valence-corrected chi connectivity index (χ4v) is 4.01. The number of aliphatic hydroxyl groups is 2. The van der Waals surface area contributed by atoms with Crippen molar-refractivity contribution in [3.05, 3.63) is 53.8 Å². The van der Waals surface area contributed by atoms with Crippen LogP contribution in [-0.4, -0.2) is 60.0 Å². The fraction of sp³-hybridized carbons (Fsp3) is 0.458. The lowest BCUT2D eigenvalue weighted by molar-refractivity contribution is -0.305. The number of rotatable bonds is 7. The topological polar surface area (TPSA) is 97.3 Å². The van der Waals surface area contributed by atoms with Crippen molar-refractivity contribution in [3.63, 3.8) is 0 Å². The first-order valence-corrected chi connectivity index (χ1v) is 10.5. The Kier molecular flexibility index (Phi) is 7.51. The fourth-order valence-electron chi connectivity index (χ4n) is 4.01. The van der Waals surface area contributed by atoms with E-state index in [1.165, 1.54) is 20.1 Å². The number of methoxy groups -OCH3 is 1. The molecule has 4 atom stereocenters. The molecule has 0 spiro atoms. The van der Waals surface area contributed by atoms with Gasteiger partial charge in [0.05, 0.1) is 5.60 Å². The van der Waals surface area contributed by atoms with E-state index in [-0.39, 0.29) is 18.2 Å². The van der Waals surface area contributed by atoms with Crippen LogP contribution in [-0.2, 0) is 20.7 Å². The number of carbonyl (C=O) groups excluding carboxylic acids is 1. The minimum absolute atomic E-state index is 0.146. The molecule has 0 bridgehead atoms. The highest BCUT2D eigenvalue weighted by atomic mass is 19.1.